The molecule has 1 saturated carbocycles. The van der Waals surface area contributed by atoms with Gasteiger partial charge in [0.15, 0.2) is 0 Å². The maximum Gasteiger partial charge on any atom is 0.410 e. The highest BCUT2D eigenvalue weighted by atomic mass is 16.6. The Hall–Kier alpha value is -2.30. The van der Waals surface area contributed by atoms with Crippen LogP contribution < -0.4 is 0 Å². The number of rotatable bonds is 3. The lowest BCUT2D eigenvalue weighted by Gasteiger charge is -2.47. The van der Waals surface area contributed by atoms with E-state index in [1.807, 2.05) is 48.8 Å². The van der Waals surface area contributed by atoms with Gasteiger partial charge in [0.2, 0.25) is 5.91 Å². The Labute approximate surface area is 180 Å². The molecular weight excluding hydrogens is 376 g/mol. The van der Waals surface area contributed by atoms with Crippen LogP contribution in [0.1, 0.15) is 58.4 Å². The SMILES string of the molecule is CC(C)(C)OC(=O)N1CCC(CN2CC(c3ccccc3)=CC2=O)C2(CCCC2)C1. The maximum absolute atomic E-state index is 12.7. The number of hydrogen-bond donors (Lipinski definition) is 0. The van der Waals surface area contributed by atoms with Crippen molar-refractivity contribution in [3.63, 3.8) is 0 Å². The molecule has 1 atom stereocenters. The standard InChI is InChI=1S/C25H34N2O3/c1-24(2,3)30-23(29)26-14-11-21(25(18-26)12-7-8-13-25)17-27-16-20(15-22(27)28)19-9-5-4-6-10-19/h4-6,9-10,15,21H,7-8,11-14,16-18H2,1-3H3. The van der Waals surface area contributed by atoms with Crippen molar-refractivity contribution in [3.8, 4) is 0 Å². The van der Waals surface area contributed by atoms with Gasteiger partial charge in [0.25, 0.3) is 0 Å². The monoisotopic (exact) mass is 410 g/mol. The highest BCUT2D eigenvalue weighted by Crippen LogP contribution is 2.49. The molecule has 0 radical (unpaired) electrons. The Morgan fingerprint density at radius 2 is 1.87 bits per heavy atom. The van der Waals surface area contributed by atoms with Gasteiger partial charge in [0, 0.05) is 32.3 Å². The minimum Gasteiger partial charge on any atom is -0.444 e. The van der Waals surface area contributed by atoms with E-state index < -0.39 is 5.60 Å². The van der Waals surface area contributed by atoms with Crippen LogP contribution in [-0.2, 0) is 9.53 Å². The third-order valence-electron chi connectivity index (χ3n) is 6.93. The smallest absolute Gasteiger partial charge is 0.410 e. The Kier molecular flexibility index (Phi) is 5.65. The fourth-order valence-electron chi connectivity index (χ4n) is 5.44. The molecule has 2 aliphatic heterocycles. The summed E-state index contributed by atoms with van der Waals surface area (Å²) in [6, 6.07) is 10.2. The number of likely N-dealkylation sites (tertiary alicyclic amines) is 1. The lowest BCUT2D eigenvalue weighted by Crippen LogP contribution is -2.53. The molecule has 1 aliphatic carbocycles. The number of amides is 2. The first kappa shape index (κ1) is 21.0. The molecule has 162 valence electrons. The molecule has 4 rings (SSSR count). The van der Waals surface area contributed by atoms with Gasteiger partial charge in [0.05, 0.1) is 0 Å². The average Bonchev–Trinajstić information content (AvgIpc) is 3.30. The van der Waals surface area contributed by atoms with Gasteiger partial charge >= 0.3 is 6.09 Å². The summed E-state index contributed by atoms with van der Waals surface area (Å²) in [6.45, 7) is 8.69. The van der Waals surface area contributed by atoms with E-state index in [1.165, 1.54) is 12.8 Å². The van der Waals surface area contributed by atoms with E-state index in [4.69, 9.17) is 4.74 Å². The summed E-state index contributed by atoms with van der Waals surface area (Å²) in [5, 5.41) is 0. The number of piperidine rings is 1. The van der Waals surface area contributed by atoms with Gasteiger partial charge in [-0.15, -0.1) is 0 Å². The first-order valence-corrected chi connectivity index (χ1v) is 11.3. The van der Waals surface area contributed by atoms with E-state index in [1.54, 1.807) is 6.08 Å². The van der Waals surface area contributed by atoms with Crippen LogP contribution in [-0.4, -0.2) is 53.6 Å². The number of carbonyl (C=O) groups is 2. The van der Waals surface area contributed by atoms with Crippen LogP contribution in [0.4, 0.5) is 4.79 Å². The summed E-state index contributed by atoms with van der Waals surface area (Å²) < 4.78 is 5.64. The molecule has 30 heavy (non-hydrogen) atoms. The Morgan fingerprint density at radius 3 is 2.53 bits per heavy atom. The molecule has 5 heteroatoms. The summed E-state index contributed by atoms with van der Waals surface area (Å²) in [5.74, 6) is 0.558. The molecular formula is C25H34N2O3. The fraction of sp³-hybridized carbons (Fsp3) is 0.600. The van der Waals surface area contributed by atoms with Crippen LogP contribution >= 0.6 is 0 Å². The summed E-state index contributed by atoms with van der Waals surface area (Å²) in [6.07, 6.45) is 7.23. The zero-order valence-electron chi connectivity index (χ0n) is 18.5. The molecule has 0 N–H and O–H groups in total. The van der Waals surface area contributed by atoms with Crippen molar-refractivity contribution in [2.45, 2.75) is 58.5 Å². The summed E-state index contributed by atoms with van der Waals surface area (Å²) in [7, 11) is 0. The number of nitrogens with zero attached hydrogens (tertiary/aromatic N) is 2. The third-order valence-corrected chi connectivity index (χ3v) is 6.93. The Morgan fingerprint density at radius 1 is 1.17 bits per heavy atom. The van der Waals surface area contributed by atoms with Crippen molar-refractivity contribution >= 4 is 17.6 Å². The van der Waals surface area contributed by atoms with Crippen LogP contribution in [0.2, 0.25) is 0 Å². The molecule has 1 saturated heterocycles. The molecule has 2 amide bonds. The van der Waals surface area contributed by atoms with Crippen molar-refractivity contribution in [3.05, 3.63) is 42.0 Å². The molecule has 2 fully saturated rings. The van der Waals surface area contributed by atoms with Gasteiger partial charge in [-0.3, -0.25) is 4.79 Å². The largest absolute Gasteiger partial charge is 0.444 e. The predicted octanol–water partition coefficient (Wildman–Crippen LogP) is 4.73. The molecule has 2 heterocycles. The van der Waals surface area contributed by atoms with Crippen molar-refractivity contribution in [2.24, 2.45) is 11.3 Å². The number of benzene rings is 1. The van der Waals surface area contributed by atoms with Crippen LogP contribution in [0.5, 0.6) is 0 Å². The first-order chi connectivity index (χ1) is 14.3. The first-order valence-electron chi connectivity index (χ1n) is 11.3. The second-order valence-corrected chi connectivity index (χ2v) is 10.2. The van der Waals surface area contributed by atoms with Crippen LogP contribution in [0.15, 0.2) is 36.4 Å². The Bertz CT molecular complexity index is 819. The van der Waals surface area contributed by atoms with Gasteiger partial charge in [-0.05, 0) is 62.5 Å². The number of carbonyl (C=O) groups excluding carboxylic acids is 2. The molecule has 0 bridgehead atoms. The van der Waals surface area contributed by atoms with Crippen LogP contribution in [0, 0.1) is 11.3 Å². The molecule has 5 nitrogen and oxygen atoms in total. The third kappa shape index (κ3) is 4.40. The van der Waals surface area contributed by atoms with Gasteiger partial charge in [-0.1, -0.05) is 43.2 Å². The van der Waals surface area contributed by atoms with E-state index in [9.17, 15) is 9.59 Å². The van der Waals surface area contributed by atoms with Crippen molar-refractivity contribution in [1.29, 1.82) is 0 Å². The quantitative estimate of drug-likeness (QED) is 0.724. The minimum atomic E-state index is -0.474. The van der Waals surface area contributed by atoms with E-state index >= 15 is 0 Å². The molecule has 3 aliphatic rings. The fourth-order valence-corrected chi connectivity index (χ4v) is 5.44. The van der Waals surface area contributed by atoms with Crippen molar-refractivity contribution in [2.75, 3.05) is 26.2 Å². The summed E-state index contributed by atoms with van der Waals surface area (Å²) >= 11 is 0. The lowest BCUT2D eigenvalue weighted by molar-refractivity contribution is -0.126. The van der Waals surface area contributed by atoms with E-state index in [2.05, 4.69) is 12.1 Å². The van der Waals surface area contributed by atoms with Gasteiger partial charge in [0.1, 0.15) is 5.60 Å². The molecule has 1 aromatic carbocycles. The molecule has 0 aromatic heterocycles. The maximum atomic E-state index is 12.7. The predicted molar refractivity (Wildman–Crippen MR) is 118 cm³/mol. The van der Waals surface area contributed by atoms with E-state index in [0.717, 1.165) is 43.5 Å². The van der Waals surface area contributed by atoms with Crippen LogP contribution in [0.3, 0.4) is 0 Å². The van der Waals surface area contributed by atoms with E-state index in [0.29, 0.717) is 19.0 Å². The van der Waals surface area contributed by atoms with Gasteiger partial charge < -0.3 is 14.5 Å². The Balaban J connectivity index is 1.43. The lowest BCUT2D eigenvalue weighted by atomic mass is 9.69. The van der Waals surface area contributed by atoms with Crippen LogP contribution in [0.25, 0.3) is 5.57 Å². The number of ether oxygens (including phenoxy) is 1. The highest BCUT2D eigenvalue weighted by Gasteiger charge is 2.47. The van der Waals surface area contributed by atoms with Gasteiger partial charge in [-0.2, -0.15) is 0 Å². The second kappa shape index (κ2) is 8.09. The molecule has 1 spiro atoms. The van der Waals surface area contributed by atoms with E-state index in [-0.39, 0.29) is 17.4 Å². The number of hydrogen-bond acceptors (Lipinski definition) is 3. The molecule has 1 aromatic rings. The zero-order valence-corrected chi connectivity index (χ0v) is 18.5. The van der Waals surface area contributed by atoms with Crippen molar-refractivity contribution in [1.82, 2.24) is 9.80 Å². The zero-order chi connectivity index (χ0) is 21.4. The minimum absolute atomic E-state index is 0.116. The average molecular weight is 411 g/mol. The normalized spacial score (nSPS) is 23.8. The summed E-state index contributed by atoms with van der Waals surface area (Å²) in [5.41, 5.74) is 1.87. The van der Waals surface area contributed by atoms with Gasteiger partial charge in [-0.25, -0.2) is 4.79 Å². The summed E-state index contributed by atoms with van der Waals surface area (Å²) in [4.78, 5) is 29.3. The second-order valence-electron chi connectivity index (χ2n) is 10.2. The molecule has 1 unspecified atom stereocenters. The topological polar surface area (TPSA) is 49.9 Å². The van der Waals surface area contributed by atoms with Crippen molar-refractivity contribution < 1.29 is 14.3 Å². The highest BCUT2D eigenvalue weighted by molar-refractivity contribution is 6.00.